The van der Waals surface area contributed by atoms with E-state index < -0.39 is 0 Å². The van der Waals surface area contributed by atoms with Crippen molar-refractivity contribution in [2.75, 3.05) is 7.05 Å². The molecule has 0 rings (SSSR count). The lowest BCUT2D eigenvalue weighted by Gasteiger charge is -2.19. The summed E-state index contributed by atoms with van der Waals surface area (Å²) in [7, 11) is 1.86. The molecule has 0 fully saturated rings. The first kappa shape index (κ1) is 5.96. The van der Waals surface area contributed by atoms with Crippen molar-refractivity contribution < 1.29 is 0 Å². The Morgan fingerprint density at radius 3 is 2.17 bits per heavy atom. The Morgan fingerprint density at radius 1 is 1.67 bits per heavy atom. The SMILES string of the molecule is CC[C@H](C)[N-]C. The Hall–Kier alpha value is -0.0400. The van der Waals surface area contributed by atoms with E-state index in [9.17, 15) is 0 Å². The van der Waals surface area contributed by atoms with Crippen molar-refractivity contribution in [3.63, 3.8) is 0 Å². The fraction of sp³-hybridized carbons (Fsp3) is 1.00. The van der Waals surface area contributed by atoms with Crippen LogP contribution in [0.4, 0.5) is 0 Å². The molecule has 38 valence electrons. The minimum Gasteiger partial charge on any atom is -0.662 e. The van der Waals surface area contributed by atoms with Gasteiger partial charge in [0.15, 0.2) is 0 Å². The average Bonchev–Trinajstić information content (AvgIpc) is 1.65. The summed E-state index contributed by atoms with van der Waals surface area (Å²) in [6.45, 7) is 4.25. The van der Waals surface area contributed by atoms with Crippen LogP contribution in [0.1, 0.15) is 20.3 Å². The average molecular weight is 86.2 g/mol. The highest BCUT2D eigenvalue weighted by molar-refractivity contribution is 4.79. The van der Waals surface area contributed by atoms with Crippen LogP contribution in [0.15, 0.2) is 0 Å². The highest BCUT2D eigenvalue weighted by Gasteiger charge is 1.74. The summed E-state index contributed by atoms with van der Waals surface area (Å²) in [6.07, 6.45) is 1.16. The van der Waals surface area contributed by atoms with Crippen molar-refractivity contribution in [2.45, 2.75) is 26.3 Å². The standard InChI is InChI=1S/C5H12N/c1-4-5(2)6-3/h5H,4H2,1-3H3/q-1/t5-/m0/s1. The maximum Gasteiger partial charge on any atom is -0.0668 e. The van der Waals surface area contributed by atoms with Gasteiger partial charge in [0.05, 0.1) is 0 Å². The predicted octanol–water partition coefficient (Wildman–Crippen LogP) is 1.79. The van der Waals surface area contributed by atoms with Crippen molar-refractivity contribution in [2.24, 2.45) is 0 Å². The number of hydrogen-bond acceptors (Lipinski definition) is 0. The second-order valence-corrected chi connectivity index (χ2v) is 1.52. The first-order chi connectivity index (χ1) is 2.81. The summed E-state index contributed by atoms with van der Waals surface area (Å²) in [4.78, 5) is 0. The minimum atomic E-state index is 0.560. The van der Waals surface area contributed by atoms with E-state index in [-0.39, 0.29) is 0 Å². The summed E-state index contributed by atoms with van der Waals surface area (Å²) in [5, 5.41) is 4.01. The van der Waals surface area contributed by atoms with Crippen molar-refractivity contribution in [3.8, 4) is 0 Å². The summed E-state index contributed by atoms with van der Waals surface area (Å²) in [5.41, 5.74) is 0. The molecule has 0 aromatic heterocycles. The lowest BCUT2D eigenvalue weighted by atomic mass is 10.3. The molecule has 0 N–H and O–H groups in total. The third-order valence-corrected chi connectivity index (χ3v) is 1.03. The van der Waals surface area contributed by atoms with Gasteiger partial charge in [-0.15, -0.1) is 6.04 Å². The van der Waals surface area contributed by atoms with Gasteiger partial charge in [0.25, 0.3) is 0 Å². The molecule has 0 spiro atoms. The van der Waals surface area contributed by atoms with Gasteiger partial charge in [-0.1, -0.05) is 20.3 Å². The lowest BCUT2D eigenvalue weighted by molar-refractivity contribution is 0.786. The molecule has 0 aliphatic rings. The second kappa shape index (κ2) is 3.16. The van der Waals surface area contributed by atoms with Crippen LogP contribution in [0.3, 0.4) is 0 Å². The fourth-order valence-electron chi connectivity index (χ4n) is 0.183. The second-order valence-electron chi connectivity index (χ2n) is 1.52. The van der Waals surface area contributed by atoms with E-state index in [0.29, 0.717) is 6.04 Å². The lowest BCUT2D eigenvalue weighted by Crippen LogP contribution is -1.93. The molecule has 6 heavy (non-hydrogen) atoms. The largest absolute Gasteiger partial charge is 0.662 e. The van der Waals surface area contributed by atoms with E-state index in [1.165, 1.54) is 0 Å². The van der Waals surface area contributed by atoms with Crippen LogP contribution >= 0.6 is 0 Å². The van der Waals surface area contributed by atoms with E-state index in [1.54, 1.807) is 0 Å². The van der Waals surface area contributed by atoms with Crippen LogP contribution in [0.25, 0.3) is 5.32 Å². The summed E-state index contributed by atoms with van der Waals surface area (Å²) >= 11 is 0. The Balaban J connectivity index is 2.75. The van der Waals surface area contributed by atoms with E-state index in [1.807, 2.05) is 7.05 Å². The smallest absolute Gasteiger partial charge is 0.0668 e. The Kier molecular flexibility index (Phi) is 3.14. The highest BCUT2D eigenvalue weighted by Crippen LogP contribution is 1.96. The third-order valence-electron chi connectivity index (χ3n) is 1.03. The van der Waals surface area contributed by atoms with Crippen molar-refractivity contribution >= 4 is 0 Å². The topological polar surface area (TPSA) is 14.1 Å². The maximum atomic E-state index is 4.01. The Morgan fingerprint density at radius 2 is 2.17 bits per heavy atom. The molecule has 0 bridgehead atoms. The molecule has 1 nitrogen and oxygen atoms in total. The molecule has 0 aliphatic heterocycles. The van der Waals surface area contributed by atoms with Gasteiger partial charge < -0.3 is 5.32 Å². The fourth-order valence-corrected chi connectivity index (χ4v) is 0.183. The first-order valence-corrected chi connectivity index (χ1v) is 2.40. The molecule has 0 unspecified atom stereocenters. The molecule has 0 heterocycles. The molecule has 0 saturated heterocycles. The van der Waals surface area contributed by atoms with Gasteiger partial charge in [0.2, 0.25) is 0 Å². The van der Waals surface area contributed by atoms with Gasteiger partial charge in [-0.3, -0.25) is 0 Å². The van der Waals surface area contributed by atoms with Gasteiger partial charge in [-0.05, 0) is 0 Å². The number of hydrogen-bond donors (Lipinski definition) is 0. The summed E-state index contributed by atoms with van der Waals surface area (Å²) < 4.78 is 0. The van der Waals surface area contributed by atoms with Crippen LogP contribution in [-0.2, 0) is 0 Å². The zero-order valence-corrected chi connectivity index (χ0v) is 4.73. The molecule has 0 amide bonds. The molecule has 0 radical (unpaired) electrons. The van der Waals surface area contributed by atoms with Crippen molar-refractivity contribution in [1.29, 1.82) is 0 Å². The van der Waals surface area contributed by atoms with Crippen molar-refractivity contribution in [1.82, 2.24) is 0 Å². The molecular weight excluding hydrogens is 74.1 g/mol. The van der Waals surface area contributed by atoms with Crippen LogP contribution < -0.4 is 0 Å². The van der Waals surface area contributed by atoms with Gasteiger partial charge in [0.1, 0.15) is 0 Å². The molecule has 0 aromatic carbocycles. The monoisotopic (exact) mass is 86.1 g/mol. The third kappa shape index (κ3) is 2.21. The molecule has 1 atom stereocenters. The molecule has 1 heteroatoms. The van der Waals surface area contributed by atoms with Gasteiger partial charge in [0, 0.05) is 0 Å². The van der Waals surface area contributed by atoms with E-state index in [0.717, 1.165) is 6.42 Å². The first-order valence-electron chi connectivity index (χ1n) is 2.40. The van der Waals surface area contributed by atoms with Gasteiger partial charge >= 0.3 is 0 Å². The Labute approximate surface area is 39.7 Å². The van der Waals surface area contributed by atoms with Crippen LogP contribution in [0, 0.1) is 0 Å². The quantitative estimate of drug-likeness (QED) is 0.486. The van der Waals surface area contributed by atoms with Crippen LogP contribution in [-0.4, -0.2) is 13.1 Å². The van der Waals surface area contributed by atoms with Crippen LogP contribution in [0.2, 0.25) is 0 Å². The van der Waals surface area contributed by atoms with Gasteiger partial charge in [-0.25, -0.2) is 0 Å². The maximum absolute atomic E-state index is 4.01. The van der Waals surface area contributed by atoms with E-state index >= 15 is 0 Å². The molecule has 0 saturated carbocycles. The zero-order valence-electron chi connectivity index (χ0n) is 4.73. The zero-order chi connectivity index (χ0) is 4.99. The minimum absolute atomic E-state index is 0.560. The van der Waals surface area contributed by atoms with Crippen molar-refractivity contribution in [3.05, 3.63) is 5.32 Å². The van der Waals surface area contributed by atoms with E-state index in [4.69, 9.17) is 0 Å². The summed E-state index contributed by atoms with van der Waals surface area (Å²) in [6, 6.07) is 0.560. The molecular formula is C5H12N-. The summed E-state index contributed by atoms with van der Waals surface area (Å²) in [5.74, 6) is 0. The highest BCUT2D eigenvalue weighted by atomic mass is 14.8. The van der Waals surface area contributed by atoms with Gasteiger partial charge in [-0.2, -0.15) is 7.05 Å². The predicted molar refractivity (Wildman–Crippen MR) is 29.0 cm³/mol. The van der Waals surface area contributed by atoms with Crippen LogP contribution in [0.5, 0.6) is 0 Å². The Bertz CT molecular complexity index is 23.1. The number of nitrogens with zero attached hydrogens (tertiary/aromatic N) is 1. The molecule has 0 aliphatic carbocycles. The molecule has 0 aromatic rings. The van der Waals surface area contributed by atoms with E-state index in [2.05, 4.69) is 19.2 Å². The number of rotatable bonds is 2. The normalized spacial score (nSPS) is 14.5.